The van der Waals surface area contributed by atoms with Crippen LogP contribution >= 0.6 is 11.6 Å². The van der Waals surface area contributed by atoms with Gasteiger partial charge < -0.3 is 4.74 Å². The molecule has 1 rings (SSSR count). The van der Waals surface area contributed by atoms with Gasteiger partial charge in [-0.3, -0.25) is 5.32 Å². The summed E-state index contributed by atoms with van der Waals surface area (Å²) < 4.78 is 5.08. The maximum Gasteiger partial charge on any atom is 0.330 e. The minimum atomic E-state index is -1.04. The van der Waals surface area contributed by atoms with Gasteiger partial charge >= 0.3 is 5.97 Å². The molecule has 0 aliphatic rings. The molecule has 4 heteroatoms. The molecule has 1 aromatic rings. The van der Waals surface area contributed by atoms with Gasteiger partial charge in [0.25, 0.3) is 0 Å². The Balaban J connectivity index is 3.16. The summed E-state index contributed by atoms with van der Waals surface area (Å²) in [6.07, 6.45) is 5.23. The number of esters is 1. The molecule has 3 nitrogen and oxygen atoms in total. The highest BCUT2D eigenvalue weighted by atomic mass is 35.5. The Morgan fingerprint density at radius 2 is 2.22 bits per heavy atom. The molecule has 0 aromatic heterocycles. The fourth-order valence-corrected chi connectivity index (χ4v) is 1.97. The lowest BCUT2D eigenvalue weighted by atomic mass is 9.92. The van der Waals surface area contributed by atoms with E-state index in [-0.39, 0.29) is 6.54 Å². The summed E-state index contributed by atoms with van der Waals surface area (Å²) in [5, 5.41) is 3.49. The Kier molecular flexibility index (Phi) is 5.21. The van der Waals surface area contributed by atoms with Gasteiger partial charge in [-0.2, -0.15) is 0 Å². The average Bonchev–Trinajstić information content (AvgIpc) is 2.36. The lowest BCUT2D eigenvalue weighted by Gasteiger charge is -2.29. The smallest absolute Gasteiger partial charge is 0.330 e. The Bertz CT molecular complexity index is 467. The summed E-state index contributed by atoms with van der Waals surface area (Å²) in [7, 11) is 0. The molecule has 0 bridgehead atoms. The molecule has 0 aliphatic heterocycles. The van der Waals surface area contributed by atoms with Crippen LogP contribution in [0.1, 0.15) is 19.4 Å². The molecular weight excluding hydrogens is 250 g/mol. The number of halogens is 1. The second-order valence-electron chi connectivity index (χ2n) is 3.88. The maximum absolute atomic E-state index is 12.1. The molecule has 1 aromatic carbocycles. The van der Waals surface area contributed by atoms with Crippen LogP contribution in [0.4, 0.5) is 0 Å². The second kappa shape index (κ2) is 6.44. The zero-order valence-electron chi connectivity index (χ0n) is 10.5. The van der Waals surface area contributed by atoms with Crippen LogP contribution < -0.4 is 5.32 Å². The van der Waals surface area contributed by atoms with Gasteiger partial charge in [0, 0.05) is 10.6 Å². The number of benzene rings is 1. The largest absolute Gasteiger partial charge is 0.464 e. The van der Waals surface area contributed by atoms with E-state index in [0.717, 1.165) is 0 Å². The molecule has 96 valence electrons. The number of nitrogens with one attached hydrogen (secondary N) is 1. The monoisotopic (exact) mass is 265 g/mol. The number of hydrogen-bond acceptors (Lipinski definition) is 3. The summed E-state index contributed by atoms with van der Waals surface area (Å²) in [5.74, 6) is 2.05. The van der Waals surface area contributed by atoms with Crippen molar-refractivity contribution in [3.63, 3.8) is 0 Å². The number of ether oxygens (including phenoxy) is 1. The van der Waals surface area contributed by atoms with Crippen molar-refractivity contribution in [3.8, 4) is 12.3 Å². The summed E-state index contributed by atoms with van der Waals surface area (Å²) in [6.45, 7) is 4.02. The van der Waals surface area contributed by atoms with Crippen molar-refractivity contribution >= 4 is 17.6 Å². The van der Waals surface area contributed by atoms with E-state index in [4.69, 9.17) is 22.8 Å². The first-order valence-electron chi connectivity index (χ1n) is 5.67. The van der Waals surface area contributed by atoms with Gasteiger partial charge in [-0.15, -0.1) is 6.42 Å². The van der Waals surface area contributed by atoms with E-state index in [1.807, 2.05) is 6.07 Å². The van der Waals surface area contributed by atoms with Gasteiger partial charge in [-0.1, -0.05) is 35.7 Å². The molecule has 1 unspecified atom stereocenters. The van der Waals surface area contributed by atoms with E-state index in [2.05, 4.69) is 11.2 Å². The van der Waals surface area contributed by atoms with E-state index in [1.165, 1.54) is 0 Å². The van der Waals surface area contributed by atoms with Crippen molar-refractivity contribution in [3.05, 3.63) is 34.9 Å². The maximum atomic E-state index is 12.1. The second-order valence-corrected chi connectivity index (χ2v) is 4.29. The number of carbonyl (C=O) groups is 1. The predicted octanol–water partition coefficient (Wildman–Crippen LogP) is 2.34. The standard InChI is InChI=1S/C14H16ClNO2/c1-4-10-16-14(3,13(17)18-5-2)11-8-6-7-9-12(11)15/h1,6-9,16H,5,10H2,2-3H3. The highest BCUT2D eigenvalue weighted by Gasteiger charge is 2.37. The highest BCUT2D eigenvalue weighted by molar-refractivity contribution is 6.31. The molecular formula is C14H16ClNO2. The zero-order valence-corrected chi connectivity index (χ0v) is 11.3. The van der Waals surface area contributed by atoms with Gasteiger partial charge in [0.1, 0.15) is 5.54 Å². The predicted molar refractivity (Wildman–Crippen MR) is 72.3 cm³/mol. The number of terminal acetylenes is 1. The molecule has 0 saturated carbocycles. The first-order chi connectivity index (χ1) is 8.56. The molecule has 1 atom stereocenters. The van der Waals surface area contributed by atoms with E-state index >= 15 is 0 Å². The Hall–Kier alpha value is -1.50. The topological polar surface area (TPSA) is 38.3 Å². The fraction of sp³-hybridized carbons (Fsp3) is 0.357. The summed E-state index contributed by atoms with van der Waals surface area (Å²) in [6, 6.07) is 7.13. The van der Waals surface area contributed by atoms with E-state index in [9.17, 15) is 4.79 Å². The third kappa shape index (κ3) is 3.04. The van der Waals surface area contributed by atoms with Gasteiger partial charge in [0.05, 0.1) is 13.2 Å². The van der Waals surface area contributed by atoms with E-state index < -0.39 is 11.5 Å². The van der Waals surface area contributed by atoms with Gasteiger partial charge in [-0.25, -0.2) is 4.79 Å². The first-order valence-corrected chi connectivity index (χ1v) is 6.04. The van der Waals surface area contributed by atoms with Crippen LogP contribution in [0.5, 0.6) is 0 Å². The Labute approximate surface area is 112 Å². The van der Waals surface area contributed by atoms with E-state index in [0.29, 0.717) is 17.2 Å². The van der Waals surface area contributed by atoms with Crippen LogP contribution in [0.3, 0.4) is 0 Å². The van der Waals surface area contributed by atoms with Crippen LogP contribution in [-0.4, -0.2) is 19.1 Å². The van der Waals surface area contributed by atoms with Gasteiger partial charge in [0.2, 0.25) is 0 Å². The molecule has 18 heavy (non-hydrogen) atoms. The van der Waals surface area contributed by atoms with Crippen molar-refractivity contribution in [2.75, 3.05) is 13.2 Å². The quantitative estimate of drug-likeness (QED) is 0.656. The first kappa shape index (κ1) is 14.6. The molecule has 0 aliphatic carbocycles. The van der Waals surface area contributed by atoms with Crippen molar-refractivity contribution in [1.29, 1.82) is 0 Å². The zero-order chi connectivity index (χ0) is 13.6. The lowest BCUT2D eigenvalue weighted by Crippen LogP contribution is -2.48. The fourth-order valence-electron chi connectivity index (χ4n) is 1.65. The van der Waals surface area contributed by atoms with Crippen LogP contribution in [0, 0.1) is 12.3 Å². The van der Waals surface area contributed by atoms with Gasteiger partial charge in [-0.05, 0) is 19.9 Å². The third-order valence-corrected chi connectivity index (χ3v) is 2.97. The highest BCUT2D eigenvalue weighted by Crippen LogP contribution is 2.29. The van der Waals surface area contributed by atoms with Crippen LogP contribution in [0.25, 0.3) is 0 Å². The Morgan fingerprint density at radius 3 is 2.78 bits per heavy atom. The van der Waals surface area contributed by atoms with E-state index in [1.54, 1.807) is 32.0 Å². The summed E-state index contributed by atoms with van der Waals surface area (Å²) in [5.41, 5.74) is -0.388. The third-order valence-electron chi connectivity index (χ3n) is 2.64. The lowest BCUT2D eigenvalue weighted by molar-refractivity contribution is -0.150. The molecule has 0 amide bonds. The Morgan fingerprint density at radius 1 is 1.56 bits per heavy atom. The average molecular weight is 266 g/mol. The van der Waals surface area contributed by atoms with Crippen molar-refractivity contribution in [1.82, 2.24) is 5.32 Å². The van der Waals surface area contributed by atoms with Crippen molar-refractivity contribution < 1.29 is 9.53 Å². The summed E-state index contributed by atoms with van der Waals surface area (Å²) >= 11 is 6.13. The number of rotatable bonds is 5. The normalized spacial score (nSPS) is 13.4. The minimum Gasteiger partial charge on any atom is -0.464 e. The minimum absolute atomic E-state index is 0.251. The van der Waals surface area contributed by atoms with Crippen LogP contribution in [0.2, 0.25) is 5.02 Å². The molecule has 1 N–H and O–H groups in total. The number of carbonyl (C=O) groups excluding carboxylic acids is 1. The van der Waals surface area contributed by atoms with Gasteiger partial charge in [0.15, 0.2) is 0 Å². The molecule has 0 heterocycles. The molecule has 0 spiro atoms. The van der Waals surface area contributed by atoms with Crippen molar-refractivity contribution in [2.24, 2.45) is 0 Å². The molecule has 0 radical (unpaired) electrons. The summed E-state index contributed by atoms with van der Waals surface area (Å²) in [4.78, 5) is 12.1. The van der Waals surface area contributed by atoms with Crippen LogP contribution in [0.15, 0.2) is 24.3 Å². The van der Waals surface area contributed by atoms with Crippen molar-refractivity contribution in [2.45, 2.75) is 19.4 Å². The molecule has 0 fully saturated rings. The number of hydrogen-bond donors (Lipinski definition) is 1. The molecule has 0 saturated heterocycles. The van der Waals surface area contributed by atoms with Crippen LogP contribution in [-0.2, 0) is 15.1 Å². The SMILES string of the molecule is C#CCNC(C)(C(=O)OCC)c1ccccc1Cl.